The van der Waals surface area contributed by atoms with Crippen LogP contribution in [-0.2, 0) is 25.8 Å². The molecule has 222 valence electrons. The van der Waals surface area contributed by atoms with Gasteiger partial charge in [0.15, 0.2) is 17.6 Å². The van der Waals surface area contributed by atoms with Crippen LogP contribution in [0, 0.1) is 5.41 Å². The zero-order valence-electron chi connectivity index (χ0n) is 24.4. The molecule has 0 saturated carbocycles. The van der Waals surface area contributed by atoms with Crippen LogP contribution in [0.5, 0.6) is 5.75 Å². The Kier molecular flexibility index (Phi) is 8.40. The van der Waals surface area contributed by atoms with Crippen molar-refractivity contribution in [1.82, 2.24) is 4.98 Å². The van der Waals surface area contributed by atoms with E-state index in [-0.39, 0.29) is 23.9 Å². The maximum Gasteiger partial charge on any atom is 0.329 e. The van der Waals surface area contributed by atoms with Gasteiger partial charge in [-0.25, -0.2) is 9.78 Å². The van der Waals surface area contributed by atoms with E-state index in [1.807, 2.05) is 44.2 Å². The lowest BCUT2D eigenvalue weighted by molar-refractivity contribution is -0.137. The Hall–Kier alpha value is -4.09. The Morgan fingerprint density at radius 3 is 2.40 bits per heavy atom. The summed E-state index contributed by atoms with van der Waals surface area (Å²) in [6, 6.07) is 12.2. The summed E-state index contributed by atoms with van der Waals surface area (Å²) in [5.41, 5.74) is 3.19. The van der Waals surface area contributed by atoms with Crippen LogP contribution >= 0.6 is 23.1 Å². The maximum absolute atomic E-state index is 13.0. The summed E-state index contributed by atoms with van der Waals surface area (Å²) >= 11 is 2.85. The molecule has 0 fully saturated rings. The number of aromatic nitrogens is 1. The fourth-order valence-electron chi connectivity index (χ4n) is 5.16. The van der Waals surface area contributed by atoms with Gasteiger partial charge in [0.2, 0.25) is 5.91 Å². The Morgan fingerprint density at radius 1 is 1.02 bits per heavy atom. The van der Waals surface area contributed by atoms with E-state index in [2.05, 4.69) is 15.3 Å². The molecule has 2 heterocycles. The number of benzene rings is 2. The van der Waals surface area contributed by atoms with Crippen LogP contribution < -0.4 is 10.1 Å². The van der Waals surface area contributed by atoms with Crippen LogP contribution in [-0.4, -0.2) is 50.4 Å². The molecule has 3 aromatic rings. The Labute approximate surface area is 257 Å². The van der Waals surface area contributed by atoms with Crippen molar-refractivity contribution in [3.63, 3.8) is 0 Å². The van der Waals surface area contributed by atoms with Crippen molar-refractivity contribution in [1.29, 1.82) is 0 Å². The highest BCUT2D eigenvalue weighted by molar-refractivity contribution is 8.15. The summed E-state index contributed by atoms with van der Waals surface area (Å²) < 4.78 is 6.91. The van der Waals surface area contributed by atoms with E-state index >= 15 is 0 Å². The number of allylic oxidation sites excluding steroid dienone is 4. The molecule has 1 aliphatic heterocycles. The van der Waals surface area contributed by atoms with Crippen LogP contribution in [0.2, 0.25) is 0 Å². The number of carboxylic acid groups (broad SMARTS) is 1. The molecule has 0 spiro atoms. The molecule has 9 nitrogen and oxygen atoms in total. The van der Waals surface area contributed by atoms with Gasteiger partial charge in [-0.05, 0) is 56.7 Å². The summed E-state index contributed by atoms with van der Waals surface area (Å²) in [5, 5.41) is 13.4. The second kappa shape index (κ2) is 11.9. The number of ether oxygens (including phenoxy) is 1. The normalized spacial score (nSPS) is 17.5. The Balaban J connectivity index is 1.18. The van der Waals surface area contributed by atoms with Crippen LogP contribution in [0.1, 0.15) is 51.6 Å². The second-order valence-corrected chi connectivity index (χ2v) is 13.3. The quantitative estimate of drug-likeness (QED) is 0.280. The predicted molar refractivity (Wildman–Crippen MR) is 169 cm³/mol. The lowest BCUT2D eigenvalue weighted by atomic mass is 9.71. The average Bonchev–Trinajstić information content (AvgIpc) is 3.62. The number of carbonyl (C=O) groups is 4. The first-order valence-electron chi connectivity index (χ1n) is 13.7. The summed E-state index contributed by atoms with van der Waals surface area (Å²) in [4.78, 5) is 58.6. The van der Waals surface area contributed by atoms with Gasteiger partial charge in [-0.2, -0.15) is 0 Å². The smallest absolute Gasteiger partial charge is 0.329 e. The number of thioether (sulfide) groups is 1. The Morgan fingerprint density at radius 2 is 1.72 bits per heavy atom. The number of ketones is 2. The standard InChI is InChI=1S/C32H31N3O6S2/c1-16-17(2)28(38)26(18(3)27(16)37)32(4,5)13-25(36)33-20-8-6-19(7-9-20)14-41-21-10-11-22-24(12-21)43-30(34-22)29-35-23(15-42-29)31(39)40/h6-12,23H,13-15H2,1-5H3,(H,33,36)(H,39,40)/t23-/m1/s1. The third kappa shape index (κ3) is 6.33. The maximum atomic E-state index is 13.0. The van der Waals surface area contributed by atoms with E-state index in [1.54, 1.807) is 32.9 Å². The zero-order chi connectivity index (χ0) is 31.1. The molecule has 1 aromatic heterocycles. The van der Waals surface area contributed by atoms with Gasteiger partial charge >= 0.3 is 5.97 Å². The molecule has 0 saturated heterocycles. The largest absolute Gasteiger partial charge is 0.489 e. The molecule has 5 rings (SSSR count). The minimum atomic E-state index is -0.930. The lowest BCUT2D eigenvalue weighted by Crippen LogP contribution is -2.33. The number of hydrogen-bond donors (Lipinski definition) is 2. The number of nitrogens with zero attached hydrogens (tertiary/aromatic N) is 2. The number of amides is 1. The van der Waals surface area contributed by atoms with Gasteiger partial charge in [-0.15, -0.1) is 23.1 Å². The molecule has 0 radical (unpaired) electrons. The SMILES string of the molecule is CC1=C(C)C(=O)C(C(C)(C)CC(=O)Nc2ccc(COc3ccc4nc(C5=N[C@@H](C(=O)O)CS5)sc4c3)cc2)=C(C)C1=O. The van der Waals surface area contributed by atoms with Crippen LogP contribution in [0.3, 0.4) is 0 Å². The average molecular weight is 618 g/mol. The molecule has 43 heavy (non-hydrogen) atoms. The Bertz CT molecular complexity index is 1760. The number of rotatable bonds is 9. The molecule has 1 atom stereocenters. The van der Waals surface area contributed by atoms with Gasteiger partial charge in [-0.1, -0.05) is 26.0 Å². The first kappa shape index (κ1) is 30.4. The number of nitrogens with one attached hydrogen (secondary N) is 1. The summed E-state index contributed by atoms with van der Waals surface area (Å²) in [6.07, 6.45) is 0.0455. The molecule has 0 unspecified atom stereocenters. The van der Waals surface area contributed by atoms with E-state index in [1.165, 1.54) is 23.1 Å². The number of carbonyl (C=O) groups excluding carboxylic acids is 3. The number of aliphatic carboxylic acids is 1. The number of fused-ring (bicyclic) bond motifs is 1. The van der Waals surface area contributed by atoms with Crippen molar-refractivity contribution in [3.8, 4) is 5.75 Å². The van der Waals surface area contributed by atoms with Crippen molar-refractivity contribution in [2.24, 2.45) is 10.4 Å². The molecule has 0 bridgehead atoms. The van der Waals surface area contributed by atoms with E-state index in [0.717, 1.165) is 15.8 Å². The van der Waals surface area contributed by atoms with Crippen LogP contribution in [0.25, 0.3) is 10.2 Å². The number of Topliss-reactive ketones (excluding diaryl/α,β-unsaturated/α-hetero) is 2. The van der Waals surface area contributed by atoms with Gasteiger partial charge < -0.3 is 15.2 Å². The van der Waals surface area contributed by atoms with Crippen molar-refractivity contribution in [2.75, 3.05) is 11.1 Å². The molecule has 11 heteroatoms. The minimum Gasteiger partial charge on any atom is -0.489 e. The van der Waals surface area contributed by atoms with Crippen molar-refractivity contribution in [3.05, 3.63) is 75.3 Å². The number of aliphatic imine (C=N–C) groups is 1. The monoisotopic (exact) mass is 617 g/mol. The summed E-state index contributed by atoms with van der Waals surface area (Å²) in [7, 11) is 0. The molecular formula is C32H31N3O6S2. The summed E-state index contributed by atoms with van der Waals surface area (Å²) in [5.74, 6) is -0.427. The van der Waals surface area contributed by atoms with Gasteiger partial charge in [0.05, 0.1) is 10.2 Å². The van der Waals surface area contributed by atoms with Gasteiger partial charge in [-0.3, -0.25) is 19.4 Å². The van der Waals surface area contributed by atoms with Crippen LogP contribution in [0.15, 0.2) is 69.7 Å². The molecule has 1 amide bonds. The number of thiazole rings is 1. The first-order chi connectivity index (χ1) is 20.3. The predicted octanol–water partition coefficient (Wildman–Crippen LogP) is 5.98. The number of anilines is 1. The zero-order valence-corrected chi connectivity index (χ0v) is 26.1. The lowest BCUT2D eigenvalue weighted by Gasteiger charge is -2.31. The second-order valence-electron chi connectivity index (χ2n) is 11.3. The number of hydrogen-bond acceptors (Lipinski definition) is 9. The third-order valence-electron chi connectivity index (χ3n) is 7.59. The van der Waals surface area contributed by atoms with Gasteiger partial charge in [0, 0.05) is 45.6 Å². The molecule has 1 aliphatic carbocycles. The van der Waals surface area contributed by atoms with E-state index in [4.69, 9.17) is 4.74 Å². The van der Waals surface area contributed by atoms with Crippen LogP contribution in [0.4, 0.5) is 5.69 Å². The molecular weight excluding hydrogens is 587 g/mol. The fraction of sp³-hybridized carbons (Fsp3) is 0.312. The van der Waals surface area contributed by atoms with Gasteiger partial charge in [0.25, 0.3) is 0 Å². The minimum absolute atomic E-state index is 0.0455. The highest BCUT2D eigenvalue weighted by Gasteiger charge is 2.38. The van der Waals surface area contributed by atoms with Crippen molar-refractivity contribution >= 4 is 67.5 Å². The molecule has 2 aromatic carbocycles. The van der Waals surface area contributed by atoms with E-state index < -0.39 is 17.4 Å². The summed E-state index contributed by atoms with van der Waals surface area (Å²) in [6.45, 7) is 8.91. The fourth-order valence-corrected chi connectivity index (χ4v) is 7.25. The molecule has 2 aliphatic rings. The number of carboxylic acids is 1. The van der Waals surface area contributed by atoms with E-state index in [0.29, 0.717) is 56.1 Å². The molecule has 2 N–H and O–H groups in total. The highest BCUT2D eigenvalue weighted by Crippen LogP contribution is 2.39. The van der Waals surface area contributed by atoms with E-state index in [9.17, 15) is 24.3 Å². The highest BCUT2D eigenvalue weighted by atomic mass is 32.2. The topological polar surface area (TPSA) is 135 Å². The third-order valence-corrected chi connectivity index (χ3v) is 9.80. The van der Waals surface area contributed by atoms with Crippen molar-refractivity contribution in [2.45, 2.75) is 53.7 Å². The first-order valence-corrected chi connectivity index (χ1v) is 15.5. The van der Waals surface area contributed by atoms with Gasteiger partial charge in [0.1, 0.15) is 22.4 Å². The van der Waals surface area contributed by atoms with Crippen molar-refractivity contribution < 1.29 is 29.0 Å².